The molecule has 0 saturated heterocycles. The molecule has 0 saturated carbocycles. The van der Waals surface area contributed by atoms with Gasteiger partial charge in [-0.05, 0) is 35.6 Å². The molecule has 4 heteroatoms. The van der Waals surface area contributed by atoms with Crippen LogP contribution in [0.1, 0.15) is 30.9 Å². The Balaban J connectivity index is 1.79. The molecule has 2 rings (SSSR count). The third kappa shape index (κ3) is 5.25. The van der Waals surface area contributed by atoms with E-state index in [0.29, 0.717) is 24.6 Å². The molecular formula is C19H22N2O2. The fourth-order valence-electron chi connectivity index (χ4n) is 2.18. The summed E-state index contributed by atoms with van der Waals surface area (Å²) < 4.78 is 0. The number of carbonyl (C=O) groups is 2. The van der Waals surface area contributed by atoms with Crippen LogP contribution in [0.3, 0.4) is 0 Å². The van der Waals surface area contributed by atoms with Crippen LogP contribution in [0.2, 0.25) is 0 Å². The number of rotatable bonds is 5. The molecule has 0 radical (unpaired) electrons. The number of anilines is 1. The summed E-state index contributed by atoms with van der Waals surface area (Å²) in [5, 5.41) is 5.24. The largest absolute Gasteiger partial charge is 0.347 e. The maximum Gasteiger partial charge on any atom is 0.313 e. The van der Waals surface area contributed by atoms with Crippen LogP contribution in [-0.4, -0.2) is 18.4 Å². The highest BCUT2D eigenvalue weighted by molar-refractivity contribution is 6.39. The minimum atomic E-state index is -0.643. The van der Waals surface area contributed by atoms with Gasteiger partial charge in [-0.3, -0.25) is 9.59 Å². The zero-order valence-corrected chi connectivity index (χ0v) is 13.5. The van der Waals surface area contributed by atoms with Gasteiger partial charge in [0, 0.05) is 12.2 Å². The van der Waals surface area contributed by atoms with E-state index in [-0.39, 0.29) is 0 Å². The summed E-state index contributed by atoms with van der Waals surface area (Å²) >= 11 is 0. The first-order chi connectivity index (χ1) is 11.1. The lowest BCUT2D eigenvalue weighted by Gasteiger charge is -2.09. The predicted octanol–water partition coefficient (Wildman–Crippen LogP) is 3.11. The van der Waals surface area contributed by atoms with Gasteiger partial charge in [0.25, 0.3) is 0 Å². The van der Waals surface area contributed by atoms with Gasteiger partial charge < -0.3 is 10.6 Å². The molecule has 0 aliphatic heterocycles. The summed E-state index contributed by atoms with van der Waals surface area (Å²) in [5.74, 6) is -0.828. The second kappa shape index (κ2) is 8.13. The third-order valence-corrected chi connectivity index (χ3v) is 3.58. The SMILES string of the molecule is CC(C)c1ccc(NC(=O)C(=O)NCCc2ccccc2)cc1. The van der Waals surface area contributed by atoms with Crippen LogP contribution in [0.25, 0.3) is 0 Å². The molecule has 0 aliphatic rings. The highest BCUT2D eigenvalue weighted by atomic mass is 16.2. The van der Waals surface area contributed by atoms with Gasteiger partial charge in [0.2, 0.25) is 0 Å². The highest BCUT2D eigenvalue weighted by Gasteiger charge is 2.13. The molecule has 2 N–H and O–H groups in total. The Morgan fingerprint density at radius 1 is 0.913 bits per heavy atom. The maximum absolute atomic E-state index is 11.9. The van der Waals surface area contributed by atoms with Crippen LogP contribution in [0.4, 0.5) is 5.69 Å². The molecule has 0 aliphatic carbocycles. The second-order valence-corrected chi connectivity index (χ2v) is 5.72. The average molecular weight is 310 g/mol. The molecule has 23 heavy (non-hydrogen) atoms. The molecule has 0 atom stereocenters. The average Bonchev–Trinajstić information content (AvgIpc) is 2.56. The Hall–Kier alpha value is -2.62. The van der Waals surface area contributed by atoms with Crippen molar-refractivity contribution in [3.8, 4) is 0 Å². The quantitative estimate of drug-likeness (QED) is 0.834. The van der Waals surface area contributed by atoms with Gasteiger partial charge in [-0.1, -0.05) is 56.3 Å². The molecular weight excluding hydrogens is 288 g/mol. The van der Waals surface area contributed by atoms with Crippen LogP contribution >= 0.6 is 0 Å². The smallest absolute Gasteiger partial charge is 0.313 e. The van der Waals surface area contributed by atoms with Gasteiger partial charge in [-0.15, -0.1) is 0 Å². The topological polar surface area (TPSA) is 58.2 Å². The van der Waals surface area contributed by atoms with E-state index in [2.05, 4.69) is 24.5 Å². The van der Waals surface area contributed by atoms with Crippen molar-refractivity contribution < 1.29 is 9.59 Å². The van der Waals surface area contributed by atoms with E-state index in [1.54, 1.807) is 0 Å². The van der Waals surface area contributed by atoms with Crippen molar-refractivity contribution in [1.82, 2.24) is 5.32 Å². The Kier molecular flexibility index (Phi) is 5.92. The van der Waals surface area contributed by atoms with Crippen LogP contribution in [0, 0.1) is 0 Å². The van der Waals surface area contributed by atoms with Gasteiger partial charge in [-0.2, -0.15) is 0 Å². The lowest BCUT2D eigenvalue weighted by molar-refractivity contribution is -0.136. The summed E-state index contributed by atoms with van der Waals surface area (Å²) in [6.07, 6.45) is 0.697. The van der Waals surface area contributed by atoms with Crippen molar-refractivity contribution in [3.05, 3.63) is 65.7 Å². The van der Waals surface area contributed by atoms with Crippen molar-refractivity contribution in [2.45, 2.75) is 26.2 Å². The third-order valence-electron chi connectivity index (χ3n) is 3.58. The number of amides is 2. The molecule has 0 bridgehead atoms. The maximum atomic E-state index is 11.9. The Labute approximate surface area is 136 Å². The Bertz CT molecular complexity index is 649. The monoisotopic (exact) mass is 310 g/mol. The summed E-state index contributed by atoms with van der Waals surface area (Å²) in [4.78, 5) is 23.6. The minimum absolute atomic E-state index is 0.432. The minimum Gasteiger partial charge on any atom is -0.347 e. The van der Waals surface area contributed by atoms with Gasteiger partial charge in [-0.25, -0.2) is 0 Å². The molecule has 0 unspecified atom stereocenters. The predicted molar refractivity (Wildman–Crippen MR) is 92.3 cm³/mol. The van der Waals surface area contributed by atoms with Gasteiger partial charge >= 0.3 is 11.8 Å². The normalized spacial score (nSPS) is 10.4. The van der Waals surface area contributed by atoms with Crippen LogP contribution in [0.5, 0.6) is 0 Å². The molecule has 0 fully saturated rings. The summed E-state index contributed by atoms with van der Waals surface area (Å²) in [6.45, 7) is 4.64. The van der Waals surface area contributed by atoms with Crippen LogP contribution < -0.4 is 10.6 Å². The number of benzene rings is 2. The number of nitrogens with one attached hydrogen (secondary N) is 2. The van der Waals surface area contributed by atoms with Crippen LogP contribution in [-0.2, 0) is 16.0 Å². The molecule has 0 heterocycles. The summed E-state index contributed by atoms with van der Waals surface area (Å²) in [7, 11) is 0. The van der Waals surface area contributed by atoms with E-state index in [4.69, 9.17) is 0 Å². The lowest BCUT2D eigenvalue weighted by Crippen LogP contribution is -2.36. The van der Waals surface area contributed by atoms with E-state index in [0.717, 1.165) is 5.56 Å². The van der Waals surface area contributed by atoms with E-state index in [1.165, 1.54) is 5.56 Å². The summed E-state index contributed by atoms with van der Waals surface area (Å²) in [6, 6.07) is 17.3. The van der Waals surface area contributed by atoms with E-state index >= 15 is 0 Å². The van der Waals surface area contributed by atoms with Crippen molar-refractivity contribution >= 4 is 17.5 Å². The zero-order valence-electron chi connectivity index (χ0n) is 13.5. The standard InChI is InChI=1S/C19H22N2O2/c1-14(2)16-8-10-17(11-9-16)21-19(23)18(22)20-13-12-15-6-4-3-5-7-15/h3-11,14H,12-13H2,1-2H3,(H,20,22)(H,21,23). The number of hydrogen-bond donors (Lipinski definition) is 2. The van der Waals surface area contributed by atoms with E-state index in [9.17, 15) is 9.59 Å². The summed E-state index contributed by atoms with van der Waals surface area (Å²) in [5.41, 5.74) is 2.94. The van der Waals surface area contributed by atoms with Crippen molar-refractivity contribution in [3.63, 3.8) is 0 Å². The van der Waals surface area contributed by atoms with Crippen LogP contribution in [0.15, 0.2) is 54.6 Å². The zero-order chi connectivity index (χ0) is 16.7. The first-order valence-corrected chi connectivity index (χ1v) is 7.79. The van der Waals surface area contributed by atoms with E-state index < -0.39 is 11.8 Å². The first kappa shape index (κ1) is 16.7. The number of carbonyl (C=O) groups excluding carboxylic acids is 2. The molecule has 4 nitrogen and oxygen atoms in total. The fraction of sp³-hybridized carbons (Fsp3) is 0.263. The van der Waals surface area contributed by atoms with Crippen molar-refractivity contribution in [1.29, 1.82) is 0 Å². The Morgan fingerprint density at radius 2 is 1.57 bits per heavy atom. The van der Waals surface area contributed by atoms with Gasteiger partial charge in [0.15, 0.2) is 0 Å². The lowest BCUT2D eigenvalue weighted by atomic mass is 10.0. The Morgan fingerprint density at radius 3 is 2.17 bits per heavy atom. The highest BCUT2D eigenvalue weighted by Crippen LogP contribution is 2.16. The van der Waals surface area contributed by atoms with Gasteiger partial charge in [0.1, 0.15) is 0 Å². The fourth-order valence-corrected chi connectivity index (χ4v) is 2.18. The molecule has 2 amide bonds. The molecule has 2 aromatic rings. The molecule has 2 aromatic carbocycles. The second-order valence-electron chi connectivity index (χ2n) is 5.72. The molecule has 0 aromatic heterocycles. The van der Waals surface area contributed by atoms with Crippen molar-refractivity contribution in [2.75, 3.05) is 11.9 Å². The number of hydrogen-bond acceptors (Lipinski definition) is 2. The van der Waals surface area contributed by atoms with Gasteiger partial charge in [0.05, 0.1) is 0 Å². The van der Waals surface area contributed by atoms with Crippen molar-refractivity contribution in [2.24, 2.45) is 0 Å². The molecule has 120 valence electrons. The first-order valence-electron chi connectivity index (χ1n) is 7.79. The van der Waals surface area contributed by atoms with E-state index in [1.807, 2.05) is 54.6 Å². The molecule has 0 spiro atoms.